The third-order valence-electron chi connectivity index (χ3n) is 2.75. The number of ether oxygens (including phenoxy) is 1. The lowest BCUT2D eigenvalue weighted by atomic mass is 10.0. The molecule has 5 nitrogen and oxygen atoms in total. The number of halogens is 2. The summed E-state index contributed by atoms with van der Waals surface area (Å²) in [5, 5.41) is 22.0. The highest BCUT2D eigenvalue weighted by Crippen LogP contribution is 2.22. The van der Waals surface area contributed by atoms with E-state index in [2.05, 4.69) is 5.32 Å². The van der Waals surface area contributed by atoms with Crippen LogP contribution in [-0.4, -0.2) is 34.6 Å². The van der Waals surface area contributed by atoms with Gasteiger partial charge in [-0.05, 0) is 45.4 Å². The number of carbonyl (C=O) groups is 1. The maximum absolute atomic E-state index is 13.5. The van der Waals surface area contributed by atoms with Crippen molar-refractivity contribution in [3.63, 3.8) is 0 Å². The number of aliphatic hydroxyl groups excluding tert-OH is 2. The molecule has 0 aliphatic carbocycles. The van der Waals surface area contributed by atoms with Gasteiger partial charge in [0.05, 0.1) is 6.10 Å². The molecule has 0 aliphatic heterocycles. The number of carbonyl (C=O) groups excluding carboxylic acids is 1. The van der Waals surface area contributed by atoms with Crippen LogP contribution in [0, 0.1) is 11.6 Å². The van der Waals surface area contributed by atoms with Gasteiger partial charge in [-0.3, -0.25) is 0 Å². The molecule has 3 N–H and O–H groups in total. The third kappa shape index (κ3) is 5.95. The van der Waals surface area contributed by atoms with Gasteiger partial charge in [-0.2, -0.15) is 0 Å². The van der Waals surface area contributed by atoms with Gasteiger partial charge in [0.15, 0.2) is 0 Å². The number of aliphatic hydroxyl groups is 2. The summed E-state index contributed by atoms with van der Waals surface area (Å²) < 4.78 is 31.5. The number of hydrogen-bond acceptors (Lipinski definition) is 4. The molecule has 124 valence electrons. The second-order valence-corrected chi connectivity index (χ2v) is 5.90. The molecule has 0 saturated heterocycles. The van der Waals surface area contributed by atoms with Crippen LogP contribution in [0.1, 0.15) is 38.9 Å². The number of nitrogens with one attached hydrogen (secondary N) is 1. The zero-order chi connectivity index (χ0) is 16.9. The van der Waals surface area contributed by atoms with Gasteiger partial charge in [-0.15, -0.1) is 0 Å². The highest BCUT2D eigenvalue weighted by molar-refractivity contribution is 5.67. The molecule has 1 aromatic rings. The van der Waals surface area contributed by atoms with E-state index in [0.717, 1.165) is 18.2 Å². The van der Waals surface area contributed by atoms with Gasteiger partial charge in [-0.25, -0.2) is 13.6 Å². The van der Waals surface area contributed by atoms with Crippen molar-refractivity contribution in [1.82, 2.24) is 5.32 Å². The second kappa shape index (κ2) is 7.51. The zero-order valence-electron chi connectivity index (χ0n) is 12.8. The Hall–Kier alpha value is -1.73. The summed E-state index contributed by atoms with van der Waals surface area (Å²) in [4.78, 5) is 11.4. The maximum atomic E-state index is 13.5. The lowest BCUT2D eigenvalue weighted by Gasteiger charge is -2.21. The SMILES string of the molecule is CC(C)(C)OC(=O)NCCC(O)C(O)c1cc(F)ccc1F. The number of amides is 1. The van der Waals surface area contributed by atoms with Crippen LogP contribution >= 0.6 is 0 Å². The van der Waals surface area contributed by atoms with Crippen LogP contribution in [0.25, 0.3) is 0 Å². The Labute approximate surface area is 127 Å². The Balaban J connectivity index is 2.50. The summed E-state index contributed by atoms with van der Waals surface area (Å²) in [6.07, 6.45) is -3.65. The van der Waals surface area contributed by atoms with E-state index in [1.807, 2.05) is 0 Å². The predicted octanol–water partition coefficient (Wildman–Crippen LogP) is 2.27. The zero-order valence-corrected chi connectivity index (χ0v) is 12.8. The first-order valence-electron chi connectivity index (χ1n) is 6.88. The van der Waals surface area contributed by atoms with Crippen molar-refractivity contribution in [2.45, 2.75) is 45.0 Å². The maximum Gasteiger partial charge on any atom is 0.407 e. The molecular formula is C15H21F2NO4. The first kappa shape index (κ1) is 18.3. The molecule has 0 saturated carbocycles. The van der Waals surface area contributed by atoms with Gasteiger partial charge in [0, 0.05) is 12.1 Å². The molecule has 2 atom stereocenters. The molecule has 0 radical (unpaired) electrons. The summed E-state index contributed by atoms with van der Waals surface area (Å²) >= 11 is 0. The fourth-order valence-corrected chi connectivity index (χ4v) is 1.74. The lowest BCUT2D eigenvalue weighted by Crippen LogP contribution is -2.34. The van der Waals surface area contributed by atoms with Crippen molar-refractivity contribution in [2.75, 3.05) is 6.54 Å². The molecule has 2 unspecified atom stereocenters. The highest BCUT2D eigenvalue weighted by Gasteiger charge is 2.22. The first-order valence-corrected chi connectivity index (χ1v) is 6.88. The molecule has 0 aromatic heterocycles. The summed E-state index contributed by atoms with van der Waals surface area (Å²) in [6, 6.07) is 2.62. The Bertz CT molecular complexity index is 517. The van der Waals surface area contributed by atoms with E-state index in [1.54, 1.807) is 20.8 Å². The summed E-state index contributed by atoms with van der Waals surface area (Å²) in [5.41, 5.74) is -0.975. The van der Waals surface area contributed by atoms with E-state index in [9.17, 15) is 23.8 Å². The van der Waals surface area contributed by atoms with Crippen LogP contribution < -0.4 is 5.32 Å². The van der Waals surface area contributed by atoms with E-state index in [4.69, 9.17) is 4.74 Å². The van der Waals surface area contributed by atoms with E-state index in [0.29, 0.717) is 0 Å². The molecule has 0 spiro atoms. The van der Waals surface area contributed by atoms with Gasteiger partial charge >= 0.3 is 6.09 Å². The first-order chi connectivity index (χ1) is 10.1. The molecular weight excluding hydrogens is 296 g/mol. The van der Waals surface area contributed by atoms with Crippen molar-refractivity contribution in [3.8, 4) is 0 Å². The van der Waals surface area contributed by atoms with Crippen LogP contribution in [0.2, 0.25) is 0 Å². The molecule has 22 heavy (non-hydrogen) atoms. The van der Waals surface area contributed by atoms with E-state index >= 15 is 0 Å². The summed E-state index contributed by atoms with van der Waals surface area (Å²) in [6.45, 7) is 5.14. The van der Waals surface area contributed by atoms with Crippen LogP contribution in [0.5, 0.6) is 0 Å². The molecule has 1 aromatic carbocycles. The standard InChI is InChI=1S/C15H21F2NO4/c1-15(2,3)22-14(21)18-7-6-12(19)13(20)10-8-9(16)4-5-11(10)17/h4-5,8,12-13,19-20H,6-7H2,1-3H3,(H,18,21). The number of benzene rings is 1. The van der Waals surface area contributed by atoms with Crippen molar-refractivity contribution in [2.24, 2.45) is 0 Å². The molecule has 1 rings (SSSR count). The van der Waals surface area contributed by atoms with Crippen LogP contribution in [-0.2, 0) is 4.74 Å². The predicted molar refractivity (Wildman–Crippen MR) is 76.2 cm³/mol. The molecule has 0 bridgehead atoms. The van der Waals surface area contributed by atoms with Crippen LogP contribution in [0.15, 0.2) is 18.2 Å². The highest BCUT2D eigenvalue weighted by atomic mass is 19.1. The van der Waals surface area contributed by atoms with Crippen molar-refractivity contribution < 1.29 is 28.5 Å². The molecule has 0 aliphatic rings. The Morgan fingerprint density at radius 1 is 1.32 bits per heavy atom. The van der Waals surface area contributed by atoms with Gasteiger partial charge < -0.3 is 20.3 Å². The topological polar surface area (TPSA) is 78.8 Å². The average molecular weight is 317 g/mol. The fourth-order valence-electron chi connectivity index (χ4n) is 1.74. The van der Waals surface area contributed by atoms with E-state index in [1.165, 1.54) is 0 Å². The van der Waals surface area contributed by atoms with E-state index < -0.39 is 35.5 Å². The number of alkyl carbamates (subject to hydrolysis) is 1. The average Bonchev–Trinajstić information content (AvgIpc) is 2.38. The Morgan fingerprint density at radius 3 is 2.55 bits per heavy atom. The van der Waals surface area contributed by atoms with Crippen LogP contribution in [0.3, 0.4) is 0 Å². The normalized spacial score (nSPS) is 14.3. The molecule has 0 heterocycles. The molecule has 7 heteroatoms. The smallest absolute Gasteiger partial charge is 0.407 e. The Morgan fingerprint density at radius 2 is 1.95 bits per heavy atom. The summed E-state index contributed by atoms with van der Waals surface area (Å²) in [7, 11) is 0. The molecule has 1 amide bonds. The monoisotopic (exact) mass is 317 g/mol. The molecule has 0 fully saturated rings. The minimum absolute atomic E-state index is 0.0179. The quantitative estimate of drug-likeness (QED) is 0.778. The number of hydrogen-bond donors (Lipinski definition) is 3. The van der Waals surface area contributed by atoms with Crippen LogP contribution in [0.4, 0.5) is 13.6 Å². The fraction of sp³-hybridized carbons (Fsp3) is 0.533. The van der Waals surface area contributed by atoms with E-state index in [-0.39, 0.29) is 18.5 Å². The van der Waals surface area contributed by atoms with Gasteiger partial charge in [0.1, 0.15) is 23.3 Å². The largest absolute Gasteiger partial charge is 0.444 e. The second-order valence-electron chi connectivity index (χ2n) is 5.90. The van der Waals surface area contributed by atoms with Gasteiger partial charge in [0.2, 0.25) is 0 Å². The minimum atomic E-state index is -1.59. The van der Waals surface area contributed by atoms with Crippen molar-refractivity contribution >= 4 is 6.09 Å². The minimum Gasteiger partial charge on any atom is -0.444 e. The van der Waals surface area contributed by atoms with Crippen molar-refractivity contribution in [1.29, 1.82) is 0 Å². The summed E-state index contributed by atoms with van der Waals surface area (Å²) in [5.74, 6) is -1.53. The third-order valence-corrected chi connectivity index (χ3v) is 2.75. The van der Waals surface area contributed by atoms with Gasteiger partial charge in [0.25, 0.3) is 0 Å². The van der Waals surface area contributed by atoms with Gasteiger partial charge in [-0.1, -0.05) is 0 Å². The van der Waals surface area contributed by atoms with Crippen molar-refractivity contribution in [3.05, 3.63) is 35.4 Å². The Kier molecular flexibility index (Phi) is 6.25. The lowest BCUT2D eigenvalue weighted by molar-refractivity contribution is 0.0102. The number of rotatable bonds is 5.